The Morgan fingerprint density at radius 2 is 1.77 bits per heavy atom. The second-order valence-electron chi connectivity index (χ2n) is 4.60. The van der Waals surface area contributed by atoms with E-state index in [9.17, 15) is 13.9 Å². The average Bonchev–Trinajstić information content (AvgIpc) is 2.90. The van der Waals surface area contributed by atoms with Crippen molar-refractivity contribution < 1.29 is 18.4 Å². The highest BCUT2D eigenvalue weighted by Gasteiger charge is 2.23. The second-order valence-corrected chi connectivity index (χ2v) is 5.52. The first-order valence-corrected chi connectivity index (χ1v) is 7.21. The number of benzene rings is 2. The number of nitrogens with zero attached hydrogens (tertiary/aromatic N) is 1. The van der Waals surface area contributed by atoms with Crippen molar-refractivity contribution in [2.45, 2.75) is 6.61 Å². The van der Waals surface area contributed by atoms with E-state index in [4.69, 9.17) is 4.52 Å². The fourth-order valence-corrected chi connectivity index (χ4v) is 2.63. The van der Waals surface area contributed by atoms with E-state index in [2.05, 4.69) is 21.1 Å². The van der Waals surface area contributed by atoms with Gasteiger partial charge in [0.1, 0.15) is 17.3 Å². The maximum absolute atomic E-state index is 13.9. The molecule has 1 N–H and O–H groups in total. The molecule has 22 heavy (non-hydrogen) atoms. The average molecular weight is 366 g/mol. The molecule has 0 spiro atoms. The molecule has 1 aromatic heterocycles. The van der Waals surface area contributed by atoms with Gasteiger partial charge < -0.3 is 9.63 Å². The standard InChI is InChI=1S/C16H10BrF2NO2/c17-10-4-1-3-9(7-10)16-11(8-21)15(20-22-16)14-12(18)5-2-6-13(14)19/h1-7,21H,8H2. The lowest BCUT2D eigenvalue weighted by Crippen LogP contribution is -1.94. The van der Waals surface area contributed by atoms with Gasteiger partial charge in [-0.2, -0.15) is 0 Å². The van der Waals surface area contributed by atoms with Crippen molar-refractivity contribution in [3.63, 3.8) is 0 Å². The highest BCUT2D eigenvalue weighted by atomic mass is 79.9. The van der Waals surface area contributed by atoms with E-state index in [1.807, 2.05) is 6.07 Å². The lowest BCUT2D eigenvalue weighted by molar-refractivity contribution is 0.281. The zero-order chi connectivity index (χ0) is 15.7. The van der Waals surface area contributed by atoms with Crippen LogP contribution < -0.4 is 0 Å². The molecule has 0 aliphatic heterocycles. The normalized spacial score (nSPS) is 10.9. The van der Waals surface area contributed by atoms with Gasteiger partial charge in [-0.25, -0.2) is 8.78 Å². The first kappa shape index (κ1) is 14.9. The third-order valence-corrected chi connectivity index (χ3v) is 3.73. The van der Waals surface area contributed by atoms with E-state index in [1.54, 1.807) is 18.2 Å². The Labute approximate surface area is 133 Å². The Morgan fingerprint density at radius 1 is 1.09 bits per heavy atom. The molecule has 0 bridgehead atoms. The molecule has 6 heteroatoms. The van der Waals surface area contributed by atoms with Crippen LogP contribution in [-0.4, -0.2) is 10.3 Å². The Balaban J connectivity index is 2.20. The van der Waals surface area contributed by atoms with Crippen LogP contribution in [0.2, 0.25) is 0 Å². The smallest absolute Gasteiger partial charge is 0.173 e. The van der Waals surface area contributed by atoms with E-state index in [1.165, 1.54) is 6.07 Å². The molecule has 0 radical (unpaired) electrons. The number of hydrogen-bond donors (Lipinski definition) is 1. The summed E-state index contributed by atoms with van der Waals surface area (Å²) in [5.74, 6) is -1.24. The number of aromatic nitrogens is 1. The maximum Gasteiger partial charge on any atom is 0.173 e. The van der Waals surface area contributed by atoms with Crippen molar-refractivity contribution in [2.24, 2.45) is 0 Å². The van der Waals surface area contributed by atoms with Crippen LogP contribution >= 0.6 is 15.9 Å². The van der Waals surface area contributed by atoms with Gasteiger partial charge >= 0.3 is 0 Å². The van der Waals surface area contributed by atoms with Crippen molar-refractivity contribution >= 4 is 15.9 Å². The van der Waals surface area contributed by atoms with Gasteiger partial charge in [-0.3, -0.25) is 0 Å². The molecule has 2 aromatic carbocycles. The van der Waals surface area contributed by atoms with Crippen LogP contribution in [0.3, 0.4) is 0 Å². The van der Waals surface area contributed by atoms with E-state index in [0.29, 0.717) is 5.56 Å². The van der Waals surface area contributed by atoms with Crippen LogP contribution in [-0.2, 0) is 6.61 Å². The molecular formula is C16H10BrF2NO2. The second kappa shape index (κ2) is 5.98. The van der Waals surface area contributed by atoms with Gasteiger partial charge in [0.2, 0.25) is 0 Å². The summed E-state index contributed by atoms with van der Waals surface area (Å²) < 4.78 is 33.9. The third-order valence-electron chi connectivity index (χ3n) is 3.23. The lowest BCUT2D eigenvalue weighted by atomic mass is 10.0. The van der Waals surface area contributed by atoms with Crippen LogP contribution in [0.15, 0.2) is 51.5 Å². The molecule has 0 amide bonds. The molecule has 0 saturated heterocycles. The van der Waals surface area contributed by atoms with Gasteiger partial charge in [-0.15, -0.1) is 0 Å². The molecule has 1 heterocycles. The molecule has 3 nitrogen and oxygen atoms in total. The van der Waals surface area contributed by atoms with Crippen LogP contribution in [0.25, 0.3) is 22.6 Å². The molecule has 0 aliphatic rings. The number of aliphatic hydroxyl groups excluding tert-OH is 1. The first-order chi connectivity index (χ1) is 10.6. The fraction of sp³-hybridized carbons (Fsp3) is 0.0625. The monoisotopic (exact) mass is 365 g/mol. The highest BCUT2D eigenvalue weighted by Crippen LogP contribution is 2.35. The van der Waals surface area contributed by atoms with Crippen molar-refractivity contribution in [1.29, 1.82) is 0 Å². The summed E-state index contributed by atoms with van der Waals surface area (Å²) in [5.41, 5.74) is 0.542. The Hall–Kier alpha value is -2.05. The highest BCUT2D eigenvalue weighted by molar-refractivity contribution is 9.10. The minimum atomic E-state index is -0.760. The Bertz CT molecular complexity index is 813. The summed E-state index contributed by atoms with van der Waals surface area (Å²) in [6.45, 7) is -0.450. The van der Waals surface area contributed by atoms with E-state index in [0.717, 1.165) is 16.6 Å². The summed E-state index contributed by atoms with van der Waals surface area (Å²) in [4.78, 5) is 0. The molecule has 0 aliphatic carbocycles. The zero-order valence-corrected chi connectivity index (χ0v) is 12.8. The van der Waals surface area contributed by atoms with Gasteiger partial charge in [-0.1, -0.05) is 39.3 Å². The molecule has 0 saturated carbocycles. The minimum Gasteiger partial charge on any atom is -0.391 e. The topological polar surface area (TPSA) is 46.3 Å². The first-order valence-electron chi connectivity index (χ1n) is 6.41. The van der Waals surface area contributed by atoms with Crippen molar-refractivity contribution in [2.75, 3.05) is 0 Å². The number of aliphatic hydroxyl groups is 1. The van der Waals surface area contributed by atoms with Crippen LogP contribution in [0.4, 0.5) is 8.78 Å². The van der Waals surface area contributed by atoms with Crippen molar-refractivity contribution in [1.82, 2.24) is 5.16 Å². The number of rotatable bonds is 3. The van der Waals surface area contributed by atoms with Gasteiger partial charge in [0.25, 0.3) is 0 Å². The third kappa shape index (κ3) is 2.55. The fourth-order valence-electron chi connectivity index (χ4n) is 2.23. The summed E-state index contributed by atoms with van der Waals surface area (Å²) >= 11 is 3.34. The molecular weight excluding hydrogens is 356 g/mol. The van der Waals surface area contributed by atoms with Crippen LogP contribution in [0.1, 0.15) is 5.56 Å². The summed E-state index contributed by atoms with van der Waals surface area (Å²) in [5, 5.41) is 13.4. The molecule has 0 atom stereocenters. The van der Waals surface area contributed by atoms with Gasteiger partial charge in [0.15, 0.2) is 5.76 Å². The summed E-state index contributed by atoms with van der Waals surface area (Å²) in [6.07, 6.45) is 0. The lowest BCUT2D eigenvalue weighted by Gasteiger charge is -2.04. The largest absolute Gasteiger partial charge is 0.391 e. The van der Waals surface area contributed by atoms with E-state index >= 15 is 0 Å². The van der Waals surface area contributed by atoms with Crippen LogP contribution in [0.5, 0.6) is 0 Å². The SMILES string of the molecule is OCc1c(-c2c(F)cccc2F)noc1-c1cccc(Br)c1. The van der Waals surface area contributed by atoms with Crippen LogP contribution in [0, 0.1) is 11.6 Å². The number of hydrogen-bond acceptors (Lipinski definition) is 3. The van der Waals surface area contributed by atoms with E-state index in [-0.39, 0.29) is 22.6 Å². The molecule has 3 aromatic rings. The summed E-state index contributed by atoms with van der Waals surface area (Å²) in [6, 6.07) is 10.7. The minimum absolute atomic E-state index is 0.0342. The summed E-state index contributed by atoms with van der Waals surface area (Å²) in [7, 11) is 0. The zero-order valence-electron chi connectivity index (χ0n) is 11.2. The Morgan fingerprint density at radius 3 is 2.41 bits per heavy atom. The molecule has 0 unspecified atom stereocenters. The van der Waals surface area contributed by atoms with Gasteiger partial charge in [0, 0.05) is 10.0 Å². The predicted molar refractivity (Wildman–Crippen MR) is 80.9 cm³/mol. The molecule has 112 valence electrons. The van der Waals surface area contributed by atoms with Gasteiger partial charge in [0.05, 0.1) is 17.7 Å². The number of halogens is 3. The maximum atomic E-state index is 13.9. The van der Waals surface area contributed by atoms with Gasteiger partial charge in [-0.05, 0) is 24.3 Å². The molecule has 3 rings (SSSR count). The van der Waals surface area contributed by atoms with E-state index < -0.39 is 18.2 Å². The van der Waals surface area contributed by atoms with Crippen molar-refractivity contribution in [3.05, 3.63) is 64.1 Å². The molecule has 0 fully saturated rings. The quantitative estimate of drug-likeness (QED) is 0.740. The Kier molecular flexibility index (Phi) is 4.04. The van der Waals surface area contributed by atoms with Crippen molar-refractivity contribution in [3.8, 4) is 22.6 Å². The predicted octanol–water partition coefficient (Wildman–Crippen LogP) is 4.54.